The number of ether oxygens (including phenoxy) is 2. The van der Waals surface area contributed by atoms with Crippen molar-refractivity contribution in [3.63, 3.8) is 0 Å². The minimum atomic E-state index is -5.05. The van der Waals surface area contributed by atoms with E-state index in [-0.39, 0.29) is 17.9 Å². The van der Waals surface area contributed by atoms with Gasteiger partial charge in [0.05, 0.1) is 7.11 Å². The Bertz CT molecular complexity index is 462. The second-order valence-electron chi connectivity index (χ2n) is 3.05. The topological polar surface area (TPSA) is 94.7 Å². The Morgan fingerprint density at radius 3 is 2.56 bits per heavy atom. The molecule has 0 aromatic carbocycles. The average Bonchev–Trinajstić information content (AvgIpc) is 2.25. The van der Waals surface area contributed by atoms with Crippen molar-refractivity contribution in [3.05, 3.63) is 17.3 Å². The van der Waals surface area contributed by atoms with Crippen LogP contribution in [0.4, 0.5) is 13.2 Å². The largest absolute Gasteiger partial charge is 0.574 e. The van der Waals surface area contributed by atoms with Crippen LogP contribution in [-0.2, 0) is 6.54 Å². The van der Waals surface area contributed by atoms with Crippen LogP contribution in [0.15, 0.2) is 6.20 Å². The van der Waals surface area contributed by atoms with Crippen LogP contribution in [0.2, 0.25) is 0 Å². The summed E-state index contributed by atoms with van der Waals surface area (Å²) in [5.41, 5.74) is 4.63. The highest BCUT2D eigenvalue weighted by Crippen LogP contribution is 2.33. The van der Waals surface area contributed by atoms with Gasteiger partial charge >= 0.3 is 12.3 Å². The van der Waals surface area contributed by atoms with Gasteiger partial charge in [0.25, 0.3) is 0 Å². The summed E-state index contributed by atoms with van der Waals surface area (Å²) in [6, 6.07) is 0. The number of carbonyl (C=O) groups is 1. The van der Waals surface area contributed by atoms with Gasteiger partial charge in [-0.05, 0) is 0 Å². The van der Waals surface area contributed by atoms with Crippen molar-refractivity contribution in [3.8, 4) is 11.6 Å². The predicted molar refractivity (Wildman–Crippen MR) is 52.3 cm³/mol. The zero-order chi connectivity index (χ0) is 13.9. The number of carboxylic acids is 1. The molecule has 0 aliphatic carbocycles. The van der Waals surface area contributed by atoms with Gasteiger partial charge in [-0.2, -0.15) is 0 Å². The third-order valence-corrected chi connectivity index (χ3v) is 1.92. The lowest BCUT2D eigenvalue weighted by Gasteiger charge is -2.14. The lowest BCUT2D eigenvalue weighted by molar-refractivity contribution is -0.276. The van der Waals surface area contributed by atoms with Gasteiger partial charge in [0, 0.05) is 18.3 Å². The van der Waals surface area contributed by atoms with Crippen LogP contribution in [0.5, 0.6) is 11.6 Å². The summed E-state index contributed by atoms with van der Waals surface area (Å²) in [6.45, 7) is -0.136. The Balaban J connectivity index is 3.39. The first-order valence-corrected chi connectivity index (χ1v) is 4.55. The second-order valence-corrected chi connectivity index (χ2v) is 3.05. The first-order chi connectivity index (χ1) is 8.30. The van der Waals surface area contributed by atoms with Crippen molar-refractivity contribution in [1.82, 2.24) is 4.98 Å². The van der Waals surface area contributed by atoms with Crippen LogP contribution in [-0.4, -0.2) is 29.5 Å². The number of aromatic carboxylic acids is 1. The number of pyridine rings is 1. The number of aromatic nitrogens is 1. The van der Waals surface area contributed by atoms with Crippen molar-refractivity contribution in [2.45, 2.75) is 12.9 Å². The maximum Gasteiger partial charge on any atom is 0.574 e. The molecule has 0 bridgehead atoms. The molecule has 1 rings (SSSR count). The molecule has 0 aliphatic heterocycles. The van der Waals surface area contributed by atoms with E-state index in [1.807, 2.05) is 0 Å². The molecule has 0 saturated heterocycles. The number of methoxy groups -OCH3 is 1. The molecule has 1 heterocycles. The van der Waals surface area contributed by atoms with Crippen LogP contribution < -0.4 is 15.2 Å². The third-order valence-electron chi connectivity index (χ3n) is 1.92. The van der Waals surface area contributed by atoms with E-state index in [9.17, 15) is 18.0 Å². The summed E-state index contributed by atoms with van der Waals surface area (Å²) < 4.78 is 44.5. The van der Waals surface area contributed by atoms with Gasteiger partial charge in [0.1, 0.15) is 5.75 Å². The maximum atomic E-state index is 12.1. The van der Waals surface area contributed by atoms with E-state index >= 15 is 0 Å². The van der Waals surface area contributed by atoms with E-state index in [4.69, 9.17) is 15.6 Å². The fourth-order valence-corrected chi connectivity index (χ4v) is 1.27. The molecule has 0 saturated carbocycles. The summed E-state index contributed by atoms with van der Waals surface area (Å²) in [5, 5.41) is 8.89. The molecule has 3 N–H and O–H groups in total. The van der Waals surface area contributed by atoms with Crippen molar-refractivity contribution in [1.29, 1.82) is 0 Å². The molecule has 0 spiro atoms. The Morgan fingerprint density at radius 1 is 1.56 bits per heavy atom. The molecule has 0 radical (unpaired) electrons. The second kappa shape index (κ2) is 5.08. The van der Waals surface area contributed by atoms with Gasteiger partial charge in [-0.3, -0.25) is 0 Å². The molecule has 0 amide bonds. The Morgan fingerprint density at radius 2 is 2.17 bits per heavy atom. The number of carboxylic acid groups (broad SMARTS) is 1. The van der Waals surface area contributed by atoms with Crippen molar-refractivity contribution in [2.75, 3.05) is 7.11 Å². The fraction of sp³-hybridized carbons (Fsp3) is 0.333. The van der Waals surface area contributed by atoms with E-state index in [1.54, 1.807) is 0 Å². The summed E-state index contributed by atoms with van der Waals surface area (Å²) in [7, 11) is 1.11. The Kier molecular flexibility index (Phi) is 3.96. The van der Waals surface area contributed by atoms with E-state index < -0.39 is 23.8 Å². The maximum absolute atomic E-state index is 12.1. The van der Waals surface area contributed by atoms with Crippen LogP contribution in [0, 0.1) is 0 Å². The highest BCUT2D eigenvalue weighted by Gasteiger charge is 2.35. The molecular formula is C9H9F3N2O4. The quantitative estimate of drug-likeness (QED) is 0.848. The standard InChI is InChI=1S/C9H9F3N2O4/c1-17-6-4(2-13)3-14-7(5(6)8(15)16)18-9(10,11)12/h3H,2,13H2,1H3,(H,15,16). The van der Waals surface area contributed by atoms with Gasteiger partial charge in [-0.15, -0.1) is 13.2 Å². The van der Waals surface area contributed by atoms with Crippen LogP contribution in [0.3, 0.4) is 0 Å². The van der Waals surface area contributed by atoms with Crippen molar-refractivity contribution >= 4 is 5.97 Å². The molecular weight excluding hydrogens is 257 g/mol. The number of halogens is 3. The molecule has 0 fully saturated rings. The lowest BCUT2D eigenvalue weighted by atomic mass is 10.1. The van der Waals surface area contributed by atoms with E-state index in [1.165, 1.54) is 0 Å². The number of alkyl halides is 3. The first-order valence-electron chi connectivity index (χ1n) is 4.55. The zero-order valence-corrected chi connectivity index (χ0v) is 9.11. The van der Waals surface area contributed by atoms with E-state index in [0.29, 0.717) is 0 Å². The highest BCUT2D eigenvalue weighted by molar-refractivity contribution is 5.94. The monoisotopic (exact) mass is 266 g/mol. The van der Waals surface area contributed by atoms with Gasteiger partial charge in [0.15, 0.2) is 5.56 Å². The number of nitrogens with two attached hydrogens (primary N) is 1. The molecule has 1 aromatic heterocycles. The number of hydrogen-bond acceptors (Lipinski definition) is 5. The van der Waals surface area contributed by atoms with E-state index in [2.05, 4.69) is 9.72 Å². The molecule has 6 nitrogen and oxygen atoms in total. The summed E-state index contributed by atoms with van der Waals surface area (Å²) in [6.07, 6.45) is -4.08. The van der Waals surface area contributed by atoms with Gasteiger partial charge in [-0.25, -0.2) is 9.78 Å². The lowest BCUT2D eigenvalue weighted by Crippen LogP contribution is -2.21. The van der Waals surface area contributed by atoms with Crippen LogP contribution >= 0.6 is 0 Å². The number of nitrogens with zero attached hydrogens (tertiary/aromatic N) is 1. The minimum absolute atomic E-state index is 0.136. The zero-order valence-electron chi connectivity index (χ0n) is 9.11. The van der Waals surface area contributed by atoms with Crippen LogP contribution in [0.25, 0.3) is 0 Å². The normalized spacial score (nSPS) is 11.2. The SMILES string of the molecule is COc1c(CN)cnc(OC(F)(F)F)c1C(=O)O. The molecule has 0 atom stereocenters. The van der Waals surface area contributed by atoms with Gasteiger partial charge in [0.2, 0.25) is 5.88 Å². The molecule has 9 heteroatoms. The smallest absolute Gasteiger partial charge is 0.495 e. The molecule has 0 unspecified atom stereocenters. The molecule has 100 valence electrons. The predicted octanol–water partition coefficient (Wildman–Crippen LogP) is 1.15. The average molecular weight is 266 g/mol. The Hall–Kier alpha value is -2.03. The van der Waals surface area contributed by atoms with Crippen molar-refractivity contribution in [2.24, 2.45) is 5.73 Å². The summed E-state index contributed by atoms with van der Waals surface area (Å²) >= 11 is 0. The minimum Gasteiger partial charge on any atom is -0.495 e. The van der Waals surface area contributed by atoms with Crippen LogP contribution in [0.1, 0.15) is 15.9 Å². The summed E-state index contributed by atoms with van der Waals surface area (Å²) in [4.78, 5) is 14.2. The third kappa shape index (κ3) is 3.00. The number of rotatable bonds is 4. The molecule has 18 heavy (non-hydrogen) atoms. The first kappa shape index (κ1) is 14.0. The van der Waals surface area contributed by atoms with Gasteiger partial charge < -0.3 is 20.3 Å². The molecule has 0 aliphatic rings. The highest BCUT2D eigenvalue weighted by atomic mass is 19.4. The Labute approximate surface area is 99.1 Å². The van der Waals surface area contributed by atoms with Crippen molar-refractivity contribution < 1.29 is 32.5 Å². The van der Waals surface area contributed by atoms with E-state index in [0.717, 1.165) is 13.3 Å². The van der Waals surface area contributed by atoms with Gasteiger partial charge in [-0.1, -0.05) is 0 Å². The number of hydrogen-bond donors (Lipinski definition) is 2. The molecule has 1 aromatic rings. The fourth-order valence-electron chi connectivity index (χ4n) is 1.27. The summed E-state index contributed by atoms with van der Waals surface area (Å²) in [5.74, 6) is -3.06.